The first-order valence-electron chi connectivity index (χ1n) is 12.0. The largest absolute Gasteiger partial charge is 0.493 e. The number of nitrogens with zero attached hydrogens (tertiary/aromatic N) is 2. The Bertz CT molecular complexity index is 1150. The number of hydrogen-bond acceptors (Lipinski definition) is 5. The SMILES string of the molecule is CCC(C)N(CC(=O)N1CCc2sccc2C1COc1ccccc1OC)C(=O)c1ccccc1. The normalized spacial score (nSPS) is 15.7. The Morgan fingerprint density at radius 3 is 2.51 bits per heavy atom. The van der Waals surface area contributed by atoms with Crippen LogP contribution in [0.1, 0.15) is 47.1 Å². The van der Waals surface area contributed by atoms with E-state index >= 15 is 0 Å². The minimum atomic E-state index is -0.229. The van der Waals surface area contributed by atoms with Crippen LogP contribution in [0, 0.1) is 0 Å². The second kappa shape index (κ2) is 11.4. The van der Waals surface area contributed by atoms with Crippen LogP contribution < -0.4 is 9.47 Å². The van der Waals surface area contributed by atoms with Crippen LogP contribution in [0.2, 0.25) is 0 Å². The van der Waals surface area contributed by atoms with Crippen molar-refractivity contribution in [2.75, 3.05) is 26.8 Å². The molecule has 0 radical (unpaired) electrons. The van der Waals surface area contributed by atoms with Crippen LogP contribution in [0.25, 0.3) is 0 Å². The van der Waals surface area contributed by atoms with Gasteiger partial charge in [0.15, 0.2) is 11.5 Å². The highest BCUT2D eigenvalue weighted by Gasteiger charge is 2.34. The Kier molecular flexibility index (Phi) is 8.08. The van der Waals surface area contributed by atoms with E-state index in [1.165, 1.54) is 4.88 Å². The molecule has 0 aliphatic carbocycles. The first-order valence-corrected chi connectivity index (χ1v) is 12.9. The third kappa shape index (κ3) is 5.51. The highest BCUT2D eigenvalue weighted by molar-refractivity contribution is 7.10. The zero-order valence-electron chi connectivity index (χ0n) is 20.5. The van der Waals surface area contributed by atoms with Crippen molar-refractivity contribution in [2.24, 2.45) is 0 Å². The highest BCUT2D eigenvalue weighted by Crippen LogP contribution is 2.35. The Morgan fingerprint density at radius 2 is 1.80 bits per heavy atom. The molecule has 2 aromatic carbocycles. The van der Waals surface area contributed by atoms with E-state index in [0.717, 1.165) is 18.4 Å². The van der Waals surface area contributed by atoms with Crippen molar-refractivity contribution in [3.63, 3.8) is 0 Å². The molecule has 184 valence electrons. The third-order valence-electron chi connectivity index (χ3n) is 6.59. The quantitative estimate of drug-likeness (QED) is 0.412. The lowest BCUT2D eigenvalue weighted by molar-refractivity contribution is -0.136. The average molecular weight is 493 g/mol. The summed E-state index contributed by atoms with van der Waals surface area (Å²) < 4.78 is 11.6. The molecule has 0 bridgehead atoms. The van der Waals surface area contributed by atoms with E-state index in [9.17, 15) is 9.59 Å². The summed E-state index contributed by atoms with van der Waals surface area (Å²) >= 11 is 1.71. The molecule has 7 heteroatoms. The van der Waals surface area contributed by atoms with Crippen LogP contribution in [0.5, 0.6) is 11.5 Å². The Balaban J connectivity index is 1.55. The molecular formula is C28H32N2O4S. The molecule has 2 atom stereocenters. The average Bonchev–Trinajstić information content (AvgIpc) is 3.39. The molecule has 0 saturated heterocycles. The molecule has 4 rings (SSSR count). The smallest absolute Gasteiger partial charge is 0.254 e. The number of methoxy groups -OCH3 is 1. The van der Waals surface area contributed by atoms with E-state index in [-0.39, 0.29) is 30.4 Å². The molecule has 3 aromatic rings. The number of benzene rings is 2. The van der Waals surface area contributed by atoms with Crippen LogP contribution in [0.4, 0.5) is 0 Å². The number of hydrogen-bond donors (Lipinski definition) is 0. The van der Waals surface area contributed by atoms with Crippen LogP contribution in [0.15, 0.2) is 66.0 Å². The first-order chi connectivity index (χ1) is 17.0. The van der Waals surface area contributed by atoms with Crippen molar-refractivity contribution in [2.45, 2.75) is 38.8 Å². The zero-order chi connectivity index (χ0) is 24.8. The second-order valence-electron chi connectivity index (χ2n) is 8.67. The van der Waals surface area contributed by atoms with E-state index in [0.29, 0.717) is 30.2 Å². The minimum absolute atomic E-state index is 0.0351. The van der Waals surface area contributed by atoms with Gasteiger partial charge in [0.05, 0.1) is 13.2 Å². The number of thiophene rings is 1. The van der Waals surface area contributed by atoms with Crippen LogP contribution in [0.3, 0.4) is 0 Å². The van der Waals surface area contributed by atoms with E-state index in [1.807, 2.05) is 61.2 Å². The van der Waals surface area contributed by atoms with Gasteiger partial charge in [-0.15, -0.1) is 11.3 Å². The van der Waals surface area contributed by atoms with Gasteiger partial charge in [0.1, 0.15) is 13.2 Å². The van der Waals surface area contributed by atoms with Gasteiger partial charge in [0.25, 0.3) is 5.91 Å². The van der Waals surface area contributed by atoms with E-state index in [4.69, 9.17) is 9.47 Å². The minimum Gasteiger partial charge on any atom is -0.493 e. The van der Waals surface area contributed by atoms with Crippen molar-refractivity contribution in [3.05, 3.63) is 82.0 Å². The van der Waals surface area contributed by atoms with Crippen LogP contribution in [-0.4, -0.2) is 54.5 Å². The standard InChI is InChI=1S/C28H32N2O4S/c1-4-20(2)30(28(32)21-10-6-5-7-11-21)18-27(31)29-16-14-26-22(15-17-35-26)23(29)19-34-25-13-9-8-12-24(25)33-3/h5-13,15,17,20,23H,4,14,16,18-19H2,1-3H3. The number of ether oxygens (including phenoxy) is 2. The van der Waals surface area contributed by atoms with Crippen molar-refractivity contribution < 1.29 is 19.1 Å². The van der Waals surface area contributed by atoms with Crippen molar-refractivity contribution in [3.8, 4) is 11.5 Å². The molecule has 6 nitrogen and oxygen atoms in total. The number of amides is 2. The van der Waals surface area contributed by atoms with Gasteiger partial charge in [-0.25, -0.2) is 0 Å². The lowest BCUT2D eigenvalue weighted by Gasteiger charge is -2.38. The summed E-state index contributed by atoms with van der Waals surface area (Å²) in [6.45, 7) is 4.96. The molecule has 0 spiro atoms. The van der Waals surface area contributed by atoms with E-state index < -0.39 is 0 Å². The maximum Gasteiger partial charge on any atom is 0.254 e. The summed E-state index contributed by atoms with van der Waals surface area (Å²) in [6, 6.07) is 18.5. The van der Waals surface area contributed by atoms with Gasteiger partial charge in [-0.2, -0.15) is 0 Å². The van der Waals surface area contributed by atoms with Gasteiger partial charge in [-0.1, -0.05) is 37.3 Å². The lowest BCUT2D eigenvalue weighted by Crippen LogP contribution is -2.49. The summed E-state index contributed by atoms with van der Waals surface area (Å²) in [5.41, 5.74) is 1.71. The maximum atomic E-state index is 13.7. The highest BCUT2D eigenvalue weighted by atomic mass is 32.1. The van der Waals surface area contributed by atoms with Gasteiger partial charge in [-0.3, -0.25) is 9.59 Å². The topological polar surface area (TPSA) is 59.1 Å². The molecular weight excluding hydrogens is 460 g/mol. The monoisotopic (exact) mass is 492 g/mol. The predicted molar refractivity (Wildman–Crippen MR) is 138 cm³/mol. The number of carbonyl (C=O) groups is 2. The van der Waals surface area contributed by atoms with Crippen molar-refractivity contribution in [1.82, 2.24) is 9.80 Å². The number of rotatable bonds is 9. The summed E-state index contributed by atoms with van der Waals surface area (Å²) in [5, 5.41) is 2.07. The molecule has 35 heavy (non-hydrogen) atoms. The summed E-state index contributed by atoms with van der Waals surface area (Å²) in [7, 11) is 1.61. The molecule has 1 aromatic heterocycles. The van der Waals surface area contributed by atoms with E-state index in [1.54, 1.807) is 35.5 Å². The fraction of sp³-hybridized carbons (Fsp3) is 0.357. The lowest BCUT2D eigenvalue weighted by atomic mass is 10.00. The molecule has 2 amide bonds. The Hall–Kier alpha value is -3.32. The number of para-hydroxylation sites is 2. The Labute approximate surface area is 211 Å². The molecule has 0 N–H and O–H groups in total. The number of fused-ring (bicyclic) bond motifs is 1. The van der Waals surface area contributed by atoms with Gasteiger partial charge < -0.3 is 19.3 Å². The van der Waals surface area contributed by atoms with Crippen molar-refractivity contribution in [1.29, 1.82) is 0 Å². The Morgan fingerprint density at radius 1 is 1.09 bits per heavy atom. The van der Waals surface area contributed by atoms with Gasteiger partial charge >= 0.3 is 0 Å². The van der Waals surface area contributed by atoms with E-state index in [2.05, 4.69) is 11.4 Å². The first kappa shape index (κ1) is 24.8. The molecule has 0 fully saturated rings. The predicted octanol–water partition coefficient (Wildman–Crippen LogP) is 5.20. The zero-order valence-corrected chi connectivity index (χ0v) is 21.3. The van der Waals surface area contributed by atoms with Gasteiger partial charge in [0.2, 0.25) is 5.91 Å². The molecule has 2 unspecified atom stereocenters. The summed E-state index contributed by atoms with van der Waals surface area (Å²) in [5.74, 6) is 1.11. The molecule has 0 saturated carbocycles. The summed E-state index contributed by atoms with van der Waals surface area (Å²) in [6.07, 6.45) is 1.57. The van der Waals surface area contributed by atoms with Gasteiger partial charge in [0, 0.05) is 23.0 Å². The van der Waals surface area contributed by atoms with Crippen LogP contribution in [-0.2, 0) is 11.2 Å². The fourth-order valence-electron chi connectivity index (χ4n) is 4.41. The molecule has 2 heterocycles. The maximum absolute atomic E-state index is 13.7. The molecule has 1 aliphatic heterocycles. The number of carbonyl (C=O) groups excluding carboxylic acids is 2. The third-order valence-corrected chi connectivity index (χ3v) is 7.59. The molecule has 1 aliphatic rings. The second-order valence-corrected chi connectivity index (χ2v) is 9.67. The summed E-state index contributed by atoms with van der Waals surface area (Å²) in [4.78, 5) is 31.8. The van der Waals surface area contributed by atoms with Gasteiger partial charge in [-0.05, 0) is 61.0 Å². The van der Waals surface area contributed by atoms with Crippen molar-refractivity contribution >= 4 is 23.2 Å². The van der Waals surface area contributed by atoms with Crippen LogP contribution >= 0.6 is 11.3 Å². The fourth-order valence-corrected chi connectivity index (χ4v) is 5.34.